The molecule has 1 fully saturated rings. The Hall–Kier alpha value is -2.06. The van der Waals surface area contributed by atoms with Gasteiger partial charge in [-0.05, 0) is 30.2 Å². The van der Waals surface area contributed by atoms with Gasteiger partial charge in [-0.2, -0.15) is 0 Å². The number of thioether (sulfide) groups is 1. The average molecular weight is 491 g/mol. The normalized spacial score (nSPS) is 16.3. The van der Waals surface area contributed by atoms with Gasteiger partial charge >= 0.3 is 0 Å². The zero-order chi connectivity index (χ0) is 22.5. The van der Waals surface area contributed by atoms with Gasteiger partial charge in [-0.25, -0.2) is 0 Å². The van der Waals surface area contributed by atoms with Crippen LogP contribution in [0.2, 0.25) is 10.0 Å². The highest BCUT2D eigenvalue weighted by Crippen LogP contribution is 2.32. The fourth-order valence-electron chi connectivity index (χ4n) is 3.58. The Balaban J connectivity index is 1.57. The highest BCUT2D eigenvalue weighted by Gasteiger charge is 2.24. The number of morpholine rings is 1. The van der Waals surface area contributed by atoms with Crippen LogP contribution in [0.15, 0.2) is 53.7 Å². The molecule has 9 heteroatoms. The first-order chi connectivity index (χ1) is 15.5. The Bertz CT molecular complexity index is 1080. The molecule has 0 saturated carbocycles. The van der Waals surface area contributed by atoms with Crippen molar-refractivity contribution in [2.45, 2.75) is 31.1 Å². The van der Waals surface area contributed by atoms with Crippen LogP contribution in [-0.2, 0) is 16.1 Å². The van der Waals surface area contributed by atoms with Crippen LogP contribution in [0, 0.1) is 0 Å². The molecule has 1 amide bonds. The minimum Gasteiger partial charge on any atom is -0.375 e. The first-order valence-electron chi connectivity index (χ1n) is 10.5. The fourth-order valence-corrected chi connectivity index (χ4v) is 4.92. The van der Waals surface area contributed by atoms with E-state index in [1.165, 1.54) is 11.8 Å². The van der Waals surface area contributed by atoms with E-state index in [-0.39, 0.29) is 17.8 Å². The van der Waals surface area contributed by atoms with Gasteiger partial charge in [-0.3, -0.25) is 9.36 Å². The molecule has 1 aliphatic heterocycles. The van der Waals surface area contributed by atoms with Crippen molar-refractivity contribution in [2.75, 3.05) is 25.4 Å². The van der Waals surface area contributed by atoms with Crippen molar-refractivity contribution in [3.63, 3.8) is 0 Å². The van der Waals surface area contributed by atoms with E-state index in [9.17, 15) is 4.79 Å². The number of hydrogen-bond donors (Lipinski definition) is 0. The van der Waals surface area contributed by atoms with Crippen molar-refractivity contribution in [3.05, 3.63) is 64.1 Å². The zero-order valence-electron chi connectivity index (χ0n) is 17.7. The van der Waals surface area contributed by atoms with Gasteiger partial charge in [0.25, 0.3) is 0 Å². The summed E-state index contributed by atoms with van der Waals surface area (Å²) >= 11 is 13.9. The molecule has 0 N–H and O–H groups in total. The van der Waals surface area contributed by atoms with Gasteiger partial charge in [0.15, 0.2) is 11.0 Å². The maximum atomic E-state index is 12.8. The monoisotopic (exact) mass is 490 g/mol. The van der Waals surface area contributed by atoms with Crippen molar-refractivity contribution < 1.29 is 9.53 Å². The minimum atomic E-state index is 0.0806. The van der Waals surface area contributed by atoms with Gasteiger partial charge in [0.05, 0.1) is 30.0 Å². The number of carbonyl (C=O) groups excluding carboxylic acids is 1. The molecule has 168 valence electrons. The van der Waals surface area contributed by atoms with E-state index < -0.39 is 0 Å². The van der Waals surface area contributed by atoms with Gasteiger partial charge in [0, 0.05) is 23.7 Å². The number of aromatic nitrogens is 3. The third-order valence-electron chi connectivity index (χ3n) is 5.34. The van der Waals surface area contributed by atoms with Crippen molar-refractivity contribution in [3.8, 4) is 11.4 Å². The molecule has 2 heterocycles. The first kappa shape index (κ1) is 23.1. The molecule has 1 aromatic heterocycles. The second kappa shape index (κ2) is 10.7. The van der Waals surface area contributed by atoms with Gasteiger partial charge in [-0.15, -0.1) is 10.2 Å². The highest BCUT2D eigenvalue weighted by molar-refractivity contribution is 7.99. The first-order valence-corrected chi connectivity index (χ1v) is 12.2. The van der Waals surface area contributed by atoms with E-state index in [2.05, 4.69) is 17.1 Å². The molecule has 0 spiro atoms. The lowest BCUT2D eigenvalue weighted by Crippen LogP contribution is -2.46. The number of halogens is 2. The van der Waals surface area contributed by atoms with E-state index in [1.54, 1.807) is 12.1 Å². The third kappa shape index (κ3) is 5.46. The number of ether oxygens (including phenoxy) is 1. The second-order valence-corrected chi connectivity index (χ2v) is 9.32. The molecule has 1 atom stereocenters. The topological polar surface area (TPSA) is 60.2 Å². The summed E-state index contributed by atoms with van der Waals surface area (Å²) in [7, 11) is 0. The van der Waals surface area contributed by atoms with E-state index in [4.69, 9.17) is 27.9 Å². The molecule has 1 unspecified atom stereocenters. The lowest BCUT2D eigenvalue weighted by atomic mass is 10.2. The standard InChI is InChI=1S/C23H24Cl2N4O2S/c1-2-18-14-28(10-11-31-18)21(30)15-32-23-27-26-22(19-9-8-17(24)12-20(19)25)29(23)13-16-6-4-3-5-7-16/h3-9,12,18H,2,10-11,13-15H2,1H3. The van der Waals surface area contributed by atoms with Gasteiger partial charge < -0.3 is 9.64 Å². The summed E-state index contributed by atoms with van der Waals surface area (Å²) in [6, 6.07) is 15.4. The molecule has 0 aliphatic carbocycles. The zero-order valence-corrected chi connectivity index (χ0v) is 20.0. The molecular formula is C23H24Cl2N4O2S. The number of rotatable bonds is 7. The van der Waals surface area contributed by atoms with Crippen LogP contribution in [-0.4, -0.2) is 57.1 Å². The maximum Gasteiger partial charge on any atom is 0.233 e. The smallest absolute Gasteiger partial charge is 0.233 e. The van der Waals surface area contributed by atoms with Crippen molar-refractivity contribution in [2.24, 2.45) is 0 Å². The second-order valence-electron chi connectivity index (χ2n) is 7.53. The number of nitrogens with zero attached hydrogens (tertiary/aromatic N) is 4. The van der Waals surface area contributed by atoms with Crippen LogP contribution in [0.25, 0.3) is 11.4 Å². The van der Waals surface area contributed by atoms with Gasteiger partial charge in [0.2, 0.25) is 5.91 Å². The Morgan fingerprint density at radius 3 is 2.75 bits per heavy atom. The predicted molar refractivity (Wildman–Crippen MR) is 128 cm³/mol. The molecule has 0 bridgehead atoms. The summed E-state index contributed by atoms with van der Waals surface area (Å²) in [5.41, 5.74) is 1.85. The minimum absolute atomic E-state index is 0.0806. The SMILES string of the molecule is CCC1CN(C(=O)CSc2nnc(-c3ccc(Cl)cc3Cl)n2Cc2ccccc2)CCO1. The average Bonchev–Trinajstić information content (AvgIpc) is 3.20. The third-order valence-corrected chi connectivity index (χ3v) is 6.84. The number of benzene rings is 2. The molecule has 0 radical (unpaired) electrons. The molecule has 3 aromatic rings. The van der Waals surface area contributed by atoms with Gasteiger partial charge in [0.1, 0.15) is 0 Å². The van der Waals surface area contributed by atoms with Crippen LogP contribution >= 0.6 is 35.0 Å². The van der Waals surface area contributed by atoms with Crippen LogP contribution < -0.4 is 0 Å². The summed E-state index contributed by atoms with van der Waals surface area (Å²) < 4.78 is 7.68. The summed E-state index contributed by atoms with van der Waals surface area (Å²) in [6.45, 7) is 4.48. The van der Waals surface area contributed by atoms with Gasteiger partial charge in [-0.1, -0.05) is 72.2 Å². The molecule has 6 nitrogen and oxygen atoms in total. The molecule has 1 aliphatic rings. The van der Waals surface area contributed by atoms with Crippen LogP contribution in [0.3, 0.4) is 0 Å². The Morgan fingerprint density at radius 2 is 2.00 bits per heavy atom. The summed E-state index contributed by atoms with van der Waals surface area (Å²) in [4.78, 5) is 14.7. The van der Waals surface area contributed by atoms with E-state index in [0.29, 0.717) is 47.3 Å². The quantitative estimate of drug-likeness (QED) is 0.434. The molecule has 32 heavy (non-hydrogen) atoms. The van der Waals surface area contributed by atoms with Crippen molar-refractivity contribution in [1.82, 2.24) is 19.7 Å². The Kier molecular flexibility index (Phi) is 7.73. The number of hydrogen-bond acceptors (Lipinski definition) is 5. The molecule has 2 aromatic carbocycles. The summed E-state index contributed by atoms with van der Waals surface area (Å²) in [5, 5.41) is 10.5. The van der Waals surface area contributed by atoms with E-state index in [0.717, 1.165) is 17.5 Å². The molecular weight excluding hydrogens is 467 g/mol. The maximum absolute atomic E-state index is 12.8. The molecule has 1 saturated heterocycles. The van der Waals surface area contributed by atoms with E-state index >= 15 is 0 Å². The van der Waals surface area contributed by atoms with Crippen LogP contribution in [0.1, 0.15) is 18.9 Å². The van der Waals surface area contributed by atoms with E-state index in [1.807, 2.05) is 45.9 Å². The van der Waals surface area contributed by atoms with Crippen molar-refractivity contribution in [1.29, 1.82) is 0 Å². The van der Waals surface area contributed by atoms with Crippen LogP contribution in [0.5, 0.6) is 0 Å². The number of amides is 1. The predicted octanol–water partition coefficient (Wildman–Crippen LogP) is 5.03. The highest BCUT2D eigenvalue weighted by atomic mass is 35.5. The Morgan fingerprint density at radius 1 is 1.19 bits per heavy atom. The van der Waals surface area contributed by atoms with Crippen LogP contribution in [0.4, 0.5) is 0 Å². The summed E-state index contributed by atoms with van der Waals surface area (Å²) in [6.07, 6.45) is 1.01. The van der Waals surface area contributed by atoms with Crippen molar-refractivity contribution >= 4 is 40.9 Å². The lowest BCUT2D eigenvalue weighted by molar-refractivity contribution is -0.135. The largest absolute Gasteiger partial charge is 0.375 e. The molecule has 4 rings (SSSR count). The fraction of sp³-hybridized carbons (Fsp3) is 0.348. The Labute approximate surface area is 201 Å². The number of carbonyl (C=O) groups is 1. The lowest BCUT2D eigenvalue weighted by Gasteiger charge is -2.32. The summed E-state index contributed by atoms with van der Waals surface area (Å²) in [5.74, 6) is 1.01.